The molecule has 2 rings (SSSR count). The summed E-state index contributed by atoms with van der Waals surface area (Å²) >= 11 is -4.48. The first-order valence-corrected chi connectivity index (χ1v) is 34.1. The Labute approximate surface area is 260 Å². The van der Waals surface area contributed by atoms with Gasteiger partial charge >= 0.3 is 262 Å². The molecule has 0 bridgehead atoms. The molecule has 0 aliphatic carbocycles. The number of hydrogen-bond acceptors (Lipinski definition) is 1. The van der Waals surface area contributed by atoms with Gasteiger partial charge in [0.15, 0.2) is 0 Å². The molecule has 1 nitrogen and oxygen atoms in total. The molecule has 0 amide bonds. The predicted octanol–water partition coefficient (Wildman–Crippen LogP) is 12.5. The number of rotatable bonds is 24. The van der Waals surface area contributed by atoms with Crippen LogP contribution in [-0.2, 0) is 6.54 Å². The monoisotopic (exact) mass is 767 g/mol. The van der Waals surface area contributed by atoms with E-state index in [0.29, 0.717) is 0 Å². The average molecular weight is 765 g/mol. The van der Waals surface area contributed by atoms with Crippen LogP contribution in [0.3, 0.4) is 0 Å². The van der Waals surface area contributed by atoms with Crippen molar-refractivity contribution < 1.29 is 0 Å². The number of hydrogen-bond donors (Lipinski definition) is 0. The Morgan fingerprint density at radius 2 is 0.825 bits per heavy atom. The summed E-state index contributed by atoms with van der Waals surface area (Å²) in [6.07, 6.45) is 17.4. The zero-order valence-corrected chi connectivity index (χ0v) is 33.8. The molecule has 0 aromatic heterocycles. The summed E-state index contributed by atoms with van der Waals surface area (Å²) in [7, 11) is 0. The van der Waals surface area contributed by atoms with Crippen LogP contribution >= 0.6 is 0 Å². The van der Waals surface area contributed by atoms with Crippen molar-refractivity contribution in [1.29, 1.82) is 0 Å². The third-order valence-electron chi connectivity index (χ3n) is 10.1. The Morgan fingerprint density at radius 3 is 1.12 bits per heavy atom. The zero-order valence-electron chi connectivity index (χ0n) is 28.1. The molecule has 230 valence electrons. The maximum absolute atomic E-state index is 2.87. The molecule has 0 N–H and O–H groups in total. The third kappa shape index (κ3) is 13.0. The Bertz CT molecular complexity index is 712. The van der Waals surface area contributed by atoms with E-state index in [0.717, 1.165) is 6.54 Å². The molecule has 0 fully saturated rings. The van der Waals surface area contributed by atoms with E-state index < -0.39 is 36.8 Å². The van der Waals surface area contributed by atoms with Crippen LogP contribution < -0.4 is 0 Å². The van der Waals surface area contributed by atoms with Crippen LogP contribution in [0.4, 0.5) is 0 Å². The second-order valence-electron chi connectivity index (χ2n) is 13.8. The van der Waals surface area contributed by atoms with Crippen molar-refractivity contribution in [2.75, 3.05) is 13.1 Å². The molecule has 0 spiro atoms. The Morgan fingerprint density at radius 1 is 0.500 bits per heavy atom. The van der Waals surface area contributed by atoms with E-state index >= 15 is 0 Å². The standard InChI is InChI=1S/C13H15N.6C4H9.2Sn/c1-11-8-14(9-12(11)2)10-13-6-4-3-5-7-13;6*1-3-4-2;;/h3-7H,1-2,8-10H2;6*1,3-4H2,2H3;;. The average Bonchev–Trinajstić information content (AvgIpc) is 3.34. The van der Waals surface area contributed by atoms with E-state index in [4.69, 9.17) is 0 Å². The number of unbranched alkanes of at least 4 members (excludes halogenated alkanes) is 6. The molecule has 1 aromatic carbocycles. The van der Waals surface area contributed by atoms with Crippen LogP contribution in [0, 0.1) is 0 Å². The molecule has 1 aliphatic heterocycles. The Balaban J connectivity index is 2.46. The second kappa shape index (κ2) is 21.3. The van der Waals surface area contributed by atoms with Crippen LogP contribution in [0.2, 0.25) is 35.5 Å². The summed E-state index contributed by atoms with van der Waals surface area (Å²) in [5.41, 5.74) is 5.54. The first-order valence-electron chi connectivity index (χ1n) is 17.9. The van der Waals surface area contributed by atoms with Crippen molar-refractivity contribution in [3.05, 3.63) is 47.0 Å². The van der Waals surface area contributed by atoms with Gasteiger partial charge in [0.1, 0.15) is 0 Å². The van der Waals surface area contributed by atoms with Crippen LogP contribution in [0.25, 0.3) is 0 Å². The van der Waals surface area contributed by atoms with Gasteiger partial charge in [0.2, 0.25) is 0 Å². The van der Waals surface area contributed by atoms with Gasteiger partial charge in [-0.05, 0) is 0 Å². The van der Waals surface area contributed by atoms with Crippen molar-refractivity contribution in [2.45, 2.75) is 161 Å². The number of benzene rings is 1. The van der Waals surface area contributed by atoms with Crippen LogP contribution in [0.1, 0.15) is 124 Å². The first kappa shape index (κ1) is 36.7. The maximum atomic E-state index is 2.87. The van der Waals surface area contributed by atoms with E-state index in [9.17, 15) is 0 Å². The fourth-order valence-electron chi connectivity index (χ4n) is 7.63. The topological polar surface area (TPSA) is 3.24 Å². The van der Waals surface area contributed by atoms with Gasteiger partial charge in [-0.15, -0.1) is 0 Å². The van der Waals surface area contributed by atoms with Crippen molar-refractivity contribution >= 4 is 36.8 Å². The molecule has 1 heterocycles. The van der Waals surface area contributed by atoms with Gasteiger partial charge < -0.3 is 0 Å². The normalized spacial score (nSPS) is 14.9. The second-order valence-corrected chi connectivity index (χ2v) is 41.5. The quantitative estimate of drug-likeness (QED) is 0.0748. The molecular weight excluding hydrogens is 696 g/mol. The van der Waals surface area contributed by atoms with Gasteiger partial charge in [0, 0.05) is 0 Å². The predicted molar refractivity (Wildman–Crippen MR) is 188 cm³/mol. The van der Waals surface area contributed by atoms with E-state index in [1.54, 1.807) is 35.5 Å². The van der Waals surface area contributed by atoms with Gasteiger partial charge in [-0.25, -0.2) is 0 Å². The molecule has 3 heteroatoms. The van der Waals surface area contributed by atoms with E-state index in [-0.39, 0.29) is 0 Å². The summed E-state index contributed by atoms with van der Waals surface area (Å²) < 4.78 is 13.2. The fraction of sp³-hybridized carbons (Fsp3) is 0.784. The van der Waals surface area contributed by atoms with Gasteiger partial charge in [-0.2, -0.15) is 0 Å². The molecule has 0 atom stereocenters. The SMILES string of the molecule is CCC[CH2][Sn]([CH2]CCC)([CH2]CCC)[CH2]C1=C([CH2][Sn]([CH2]CCC)([CH2]CCC)[CH2]CCC)CN(Cc2ccccc2)C1. The zero-order chi connectivity index (χ0) is 29.1. The van der Waals surface area contributed by atoms with Gasteiger partial charge in [0.05, 0.1) is 0 Å². The molecular formula is C37H69NSn2. The Hall–Kier alpha value is 0.517. The summed E-state index contributed by atoms with van der Waals surface area (Å²) in [6.45, 7) is 18.4. The first-order chi connectivity index (χ1) is 19.5. The summed E-state index contributed by atoms with van der Waals surface area (Å²) in [5.74, 6) is 0. The van der Waals surface area contributed by atoms with E-state index in [2.05, 4.69) is 76.8 Å². The van der Waals surface area contributed by atoms with Gasteiger partial charge in [-0.1, -0.05) is 0 Å². The molecule has 40 heavy (non-hydrogen) atoms. The van der Waals surface area contributed by atoms with Crippen LogP contribution in [0.5, 0.6) is 0 Å². The minimum atomic E-state index is -2.24. The fourth-order valence-corrected chi connectivity index (χ4v) is 41.1. The van der Waals surface area contributed by atoms with Crippen molar-refractivity contribution in [3.63, 3.8) is 0 Å². The molecule has 1 aliphatic rings. The van der Waals surface area contributed by atoms with Crippen LogP contribution in [0.15, 0.2) is 41.5 Å². The summed E-state index contributed by atoms with van der Waals surface area (Å²) in [4.78, 5) is 2.87. The van der Waals surface area contributed by atoms with E-state index in [1.807, 2.05) is 11.1 Å². The summed E-state index contributed by atoms with van der Waals surface area (Å²) in [6, 6.07) is 11.4. The van der Waals surface area contributed by atoms with Crippen LogP contribution in [-0.4, -0.2) is 54.7 Å². The number of nitrogens with zero attached hydrogens (tertiary/aromatic N) is 1. The molecule has 0 radical (unpaired) electrons. The summed E-state index contributed by atoms with van der Waals surface area (Å²) in [5, 5.41) is 0. The van der Waals surface area contributed by atoms with Crippen molar-refractivity contribution in [2.24, 2.45) is 0 Å². The third-order valence-corrected chi connectivity index (χ3v) is 41.1. The Kier molecular flexibility index (Phi) is 19.5. The van der Waals surface area contributed by atoms with Crippen molar-refractivity contribution in [3.8, 4) is 0 Å². The van der Waals surface area contributed by atoms with Gasteiger partial charge in [-0.3, -0.25) is 0 Å². The van der Waals surface area contributed by atoms with Gasteiger partial charge in [0.25, 0.3) is 0 Å². The van der Waals surface area contributed by atoms with Crippen molar-refractivity contribution in [1.82, 2.24) is 4.90 Å². The molecule has 0 unspecified atom stereocenters. The molecule has 1 aromatic rings. The molecule has 0 saturated carbocycles. The van der Waals surface area contributed by atoms with E-state index in [1.165, 1.54) is 95.7 Å². The molecule has 0 saturated heterocycles. The minimum absolute atomic E-state index is 1.15.